The maximum atomic E-state index is 8.48. The van der Waals surface area contributed by atoms with Gasteiger partial charge < -0.3 is 16.3 Å². The lowest BCUT2D eigenvalue weighted by Crippen LogP contribution is -2.46. The second kappa shape index (κ2) is 3.31. The van der Waals surface area contributed by atoms with E-state index >= 15 is 0 Å². The fourth-order valence-corrected chi connectivity index (χ4v) is 1.21. The molecule has 0 heterocycles. The smallest absolute Gasteiger partial charge is 0.156 e. The van der Waals surface area contributed by atoms with Gasteiger partial charge >= 0.3 is 0 Å². The van der Waals surface area contributed by atoms with Crippen LogP contribution < -0.4 is 11.1 Å². The van der Waals surface area contributed by atoms with Crippen LogP contribution in [0.5, 0.6) is 0 Å². The zero-order chi connectivity index (χ0) is 9.19. The number of nitrogens with zero attached hydrogens (tertiary/aromatic N) is 1. The molecule has 0 radical (unpaired) electrons. The molecule has 12 heavy (non-hydrogen) atoms. The van der Waals surface area contributed by atoms with E-state index in [-0.39, 0.29) is 17.4 Å². The van der Waals surface area contributed by atoms with E-state index in [0.29, 0.717) is 0 Å². The maximum absolute atomic E-state index is 8.48. The van der Waals surface area contributed by atoms with Gasteiger partial charge in [0.1, 0.15) is 0 Å². The third-order valence-electron chi connectivity index (χ3n) is 2.40. The van der Waals surface area contributed by atoms with Crippen molar-refractivity contribution in [2.24, 2.45) is 10.9 Å². The van der Waals surface area contributed by atoms with E-state index in [9.17, 15) is 0 Å². The molecule has 0 saturated heterocycles. The molecule has 0 aliphatic heterocycles. The summed E-state index contributed by atoms with van der Waals surface area (Å²) in [6.07, 6.45) is 3.22. The predicted molar refractivity (Wildman–Crippen MR) is 48.3 cm³/mol. The average Bonchev–Trinajstić information content (AvgIpc) is 2.79. The average molecular weight is 171 g/mol. The van der Waals surface area contributed by atoms with Crippen molar-refractivity contribution in [1.29, 1.82) is 0 Å². The minimum atomic E-state index is 0.0162. The van der Waals surface area contributed by atoms with Gasteiger partial charge in [0.15, 0.2) is 5.84 Å². The largest absolute Gasteiger partial charge is 0.409 e. The Kier molecular flexibility index (Phi) is 2.57. The van der Waals surface area contributed by atoms with E-state index in [0.717, 1.165) is 6.42 Å². The molecule has 4 heteroatoms. The van der Waals surface area contributed by atoms with E-state index < -0.39 is 0 Å². The van der Waals surface area contributed by atoms with Gasteiger partial charge in [-0.15, -0.1) is 0 Å². The minimum Gasteiger partial charge on any atom is -0.409 e. The molecule has 0 aromatic carbocycles. The van der Waals surface area contributed by atoms with E-state index in [4.69, 9.17) is 10.9 Å². The normalized spacial score (nSPS) is 23.7. The number of nitrogens with two attached hydrogens (primary N) is 1. The number of hydrogen-bond acceptors (Lipinski definition) is 3. The molecule has 1 atom stereocenters. The summed E-state index contributed by atoms with van der Waals surface area (Å²) in [6, 6.07) is 0.0162. The number of amidine groups is 1. The van der Waals surface area contributed by atoms with Crippen LogP contribution in [0.15, 0.2) is 5.16 Å². The van der Waals surface area contributed by atoms with Crippen LogP contribution in [-0.4, -0.2) is 22.6 Å². The van der Waals surface area contributed by atoms with Crippen molar-refractivity contribution < 1.29 is 5.21 Å². The van der Waals surface area contributed by atoms with Gasteiger partial charge in [-0.3, -0.25) is 0 Å². The van der Waals surface area contributed by atoms with Gasteiger partial charge in [-0.25, -0.2) is 0 Å². The third kappa shape index (κ3) is 2.11. The van der Waals surface area contributed by atoms with Crippen LogP contribution in [0.4, 0.5) is 0 Å². The van der Waals surface area contributed by atoms with Crippen LogP contribution in [0.1, 0.15) is 33.1 Å². The van der Waals surface area contributed by atoms with Gasteiger partial charge in [0.05, 0.1) is 6.04 Å². The van der Waals surface area contributed by atoms with Crippen molar-refractivity contribution in [2.75, 3.05) is 0 Å². The highest BCUT2D eigenvalue weighted by atomic mass is 16.4. The van der Waals surface area contributed by atoms with Crippen LogP contribution in [0, 0.1) is 0 Å². The van der Waals surface area contributed by atoms with Gasteiger partial charge in [0.25, 0.3) is 0 Å². The van der Waals surface area contributed by atoms with Gasteiger partial charge in [0.2, 0.25) is 0 Å². The molecule has 0 spiro atoms. The molecular weight excluding hydrogens is 154 g/mol. The summed E-state index contributed by atoms with van der Waals surface area (Å²) < 4.78 is 0. The number of nitrogens with one attached hydrogen (secondary N) is 1. The Morgan fingerprint density at radius 1 is 1.75 bits per heavy atom. The topological polar surface area (TPSA) is 70.6 Å². The van der Waals surface area contributed by atoms with Crippen molar-refractivity contribution in [1.82, 2.24) is 5.32 Å². The Hall–Kier alpha value is -0.770. The second-order valence-electron chi connectivity index (χ2n) is 3.69. The molecule has 1 fully saturated rings. The van der Waals surface area contributed by atoms with Gasteiger partial charge in [-0.05, 0) is 26.2 Å². The molecular formula is C8H17N3O. The first-order valence-corrected chi connectivity index (χ1v) is 4.36. The molecule has 1 rings (SSSR count). The summed E-state index contributed by atoms with van der Waals surface area (Å²) in [4.78, 5) is 0. The summed E-state index contributed by atoms with van der Waals surface area (Å²) in [5.74, 6) is 0.283. The van der Waals surface area contributed by atoms with E-state index in [1.807, 2.05) is 6.92 Å². The quantitative estimate of drug-likeness (QED) is 0.252. The summed E-state index contributed by atoms with van der Waals surface area (Å²) in [5.41, 5.74) is 5.73. The van der Waals surface area contributed by atoms with Crippen LogP contribution in [0.25, 0.3) is 0 Å². The number of oxime groups is 1. The number of rotatable bonds is 4. The predicted octanol–water partition coefficient (Wildman–Crippen LogP) is 0.653. The summed E-state index contributed by atoms with van der Waals surface area (Å²) >= 11 is 0. The maximum Gasteiger partial charge on any atom is 0.156 e. The lowest BCUT2D eigenvalue weighted by molar-refractivity contribution is 0.313. The van der Waals surface area contributed by atoms with Crippen molar-refractivity contribution in [2.45, 2.75) is 44.7 Å². The Labute approximate surface area is 72.8 Å². The Balaban J connectivity index is 2.45. The van der Waals surface area contributed by atoms with Crippen molar-refractivity contribution in [3.8, 4) is 0 Å². The molecule has 0 amide bonds. The summed E-state index contributed by atoms with van der Waals surface area (Å²) in [6.45, 7) is 4.17. The fraction of sp³-hybridized carbons (Fsp3) is 0.875. The van der Waals surface area contributed by atoms with Gasteiger partial charge in [-0.2, -0.15) is 0 Å². The molecule has 1 unspecified atom stereocenters. The van der Waals surface area contributed by atoms with Crippen molar-refractivity contribution in [3.05, 3.63) is 0 Å². The highest BCUT2D eigenvalue weighted by Crippen LogP contribution is 2.34. The molecule has 1 aliphatic rings. The highest BCUT2D eigenvalue weighted by molar-refractivity contribution is 5.85. The summed E-state index contributed by atoms with van der Waals surface area (Å²) in [5, 5.41) is 14.8. The molecule has 1 saturated carbocycles. The van der Waals surface area contributed by atoms with Crippen molar-refractivity contribution in [3.63, 3.8) is 0 Å². The molecule has 4 nitrogen and oxygen atoms in total. The second-order valence-corrected chi connectivity index (χ2v) is 3.69. The van der Waals surface area contributed by atoms with E-state index in [1.54, 1.807) is 0 Å². The monoisotopic (exact) mass is 171 g/mol. The van der Waals surface area contributed by atoms with Crippen LogP contribution in [-0.2, 0) is 0 Å². The summed E-state index contributed by atoms with van der Waals surface area (Å²) in [7, 11) is 0. The SMILES string of the molecule is CCC(NC1(C)CC1)C(N)=NO. The Bertz CT molecular complexity index is 187. The van der Waals surface area contributed by atoms with Crippen LogP contribution >= 0.6 is 0 Å². The molecule has 1 aliphatic carbocycles. The van der Waals surface area contributed by atoms with E-state index in [1.165, 1.54) is 12.8 Å². The first kappa shape index (κ1) is 9.32. The highest BCUT2D eigenvalue weighted by Gasteiger charge is 2.39. The fourth-order valence-electron chi connectivity index (χ4n) is 1.21. The van der Waals surface area contributed by atoms with Crippen molar-refractivity contribution >= 4 is 5.84 Å². The Morgan fingerprint density at radius 2 is 2.33 bits per heavy atom. The van der Waals surface area contributed by atoms with Crippen LogP contribution in [0.2, 0.25) is 0 Å². The van der Waals surface area contributed by atoms with Gasteiger partial charge in [-0.1, -0.05) is 12.1 Å². The zero-order valence-electron chi connectivity index (χ0n) is 7.67. The molecule has 70 valence electrons. The first-order valence-electron chi connectivity index (χ1n) is 4.36. The minimum absolute atomic E-state index is 0.0162. The zero-order valence-corrected chi connectivity index (χ0v) is 7.67. The standard InChI is InChI=1S/C8H17N3O/c1-3-6(7(9)11-12)10-8(2)4-5-8/h6,10,12H,3-5H2,1-2H3,(H2,9,11). The third-order valence-corrected chi connectivity index (χ3v) is 2.40. The lowest BCUT2D eigenvalue weighted by atomic mass is 10.1. The van der Waals surface area contributed by atoms with E-state index in [2.05, 4.69) is 17.4 Å². The lowest BCUT2D eigenvalue weighted by Gasteiger charge is -2.20. The Morgan fingerprint density at radius 3 is 2.67 bits per heavy atom. The van der Waals surface area contributed by atoms with Crippen LogP contribution in [0.3, 0.4) is 0 Å². The molecule has 4 N–H and O–H groups in total. The van der Waals surface area contributed by atoms with Gasteiger partial charge in [0, 0.05) is 5.54 Å². The molecule has 0 aromatic rings. The molecule has 0 bridgehead atoms. The number of hydrogen-bond donors (Lipinski definition) is 3. The molecule has 0 aromatic heterocycles. The first-order chi connectivity index (χ1) is 5.61.